The van der Waals surface area contributed by atoms with Gasteiger partial charge in [-0.1, -0.05) is 6.42 Å². The highest BCUT2D eigenvalue weighted by molar-refractivity contribution is 7.18. The van der Waals surface area contributed by atoms with Crippen molar-refractivity contribution in [2.75, 3.05) is 13.1 Å². The Morgan fingerprint density at radius 3 is 2.68 bits per heavy atom. The predicted octanol–water partition coefficient (Wildman–Crippen LogP) is 3.20. The molecule has 2 aromatic rings. The van der Waals surface area contributed by atoms with Gasteiger partial charge in [0.2, 0.25) is 5.91 Å². The van der Waals surface area contributed by atoms with Crippen molar-refractivity contribution >= 4 is 27.5 Å². The number of aromatic nitrogens is 2. The van der Waals surface area contributed by atoms with Gasteiger partial charge in [-0.3, -0.25) is 9.59 Å². The van der Waals surface area contributed by atoms with Crippen molar-refractivity contribution in [3.8, 4) is 0 Å². The van der Waals surface area contributed by atoms with E-state index in [1.165, 1.54) is 29.7 Å². The molecule has 2 aliphatic rings. The lowest BCUT2D eigenvalue weighted by molar-refractivity contribution is -0.132. The highest BCUT2D eigenvalue weighted by Crippen LogP contribution is 2.32. The molecule has 0 radical (unpaired) electrons. The van der Waals surface area contributed by atoms with Gasteiger partial charge in [0.25, 0.3) is 5.56 Å². The number of nitrogens with zero attached hydrogens (tertiary/aromatic N) is 2. The van der Waals surface area contributed by atoms with Crippen LogP contribution in [0.4, 0.5) is 0 Å². The summed E-state index contributed by atoms with van der Waals surface area (Å²) < 4.78 is 0. The predicted molar refractivity (Wildman–Crippen MR) is 100 cm³/mol. The van der Waals surface area contributed by atoms with Gasteiger partial charge in [0.1, 0.15) is 10.7 Å². The molecule has 0 saturated carbocycles. The smallest absolute Gasteiger partial charge is 0.259 e. The first kappa shape index (κ1) is 16.8. The second-order valence-corrected chi connectivity index (χ2v) is 8.28. The highest BCUT2D eigenvalue weighted by Gasteiger charge is 2.20. The number of rotatable bonds is 3. The van der Waals surface area contributed by atoms with Crippen LogP contribution in [0, 0.1) is 0 Å². The van der Waals surface area contributed by atoms with Crippen molar-refractivity contribution in [2.45, 2.75) is 64.2 Å². The molecule has 0 bridgehead atoms. The lowest BCUT2D eigenvalue weighted by atomic mass is 10.1. The fraction of sp³-hybridized carbons (Fsp3) is 0.632. The number of carbonyl (C=O) groups is 1. The van der Waals surface area contributed by atoms with Crippen LogP contribution in [0.1, 0.15) is 61.2 Å². The SMILES string of the molecule is O=C(CCc1nc2sc3c(c2c(=O)[nH]1)CCCCC3)N1CCCCC1. The van der Waals surface area contributed by atoms with Crippen molar-refractivity contribution in [1.29, 1.82) is 0 Å². The van der Waals surface area contributed by atoms with E-state index in [2.05, 4.69) is 9.97 Å². The standard InChI is InChI=1S/C19H25N3O2S/c23-16(22-11-5-2-6-12-22)10-9-15-20-18(24)17-13-7-3-1-4-8-14(13)25-19(17)21-15/h1-12H2,(H,20,21,24). The Morgan fingerprint density at radius 2 is 1.84 bits per heavy atom. The molecule has 0 atom stereocenters. The quantitative estimate of drug-likeness (QED) is 0.856. The summed E-state index contributed by atoms with van der Waals surface area (Å²) in [5, 5.41) is 0.799. The van der Waals surface area contributed by atoms with E-state index in [9.17, 15) is 9.59 Å². The third-order valence-electron chi connectivity index (χ3n) is 5.41. The maximum atomic E-state index is 12.6. The summed E-state index contributed by atoms with van der Waals surface area (Å²) in [6.07, 6.45) is 10.0. The number of H-pyrrole nitrogens is 1. The number of amides is 1. The van der Waals surface area contributed by atoms with Gasteiger partial charge in [-0.15, -0.1) is 11.3 Å². The number of piperidine rings is 1. The molecule has 6 heteroatoms. The van der Waals surface area contributed by atoms with Crippen molar-refractivity contribution < 1.29 is 4.79 Å². The first-order chi connectivity index (χ1) is 12.2. The molecule has 1 aliphatic heterocycles. The third kappa shape index (κ3) is 3.50. The zero-order valence-electron chi connectivity index (χ0n) is 14.6. The van der Waals surface area contributed by atoms with Crippen LogP contribution >= 0.6 is 11.3 Å². The van der Waals surface area contributed by atoms with Gasteiger partial charge in [0.05, 0.1) is 5.39 Å². The monoisotopic (exact) mass is 359 g/mol. The van der Waals surface area contributed by atoms with Crippen LogP contribution in [0.3, 0.4) is 0 Å². The molecule has 0 unspecified atom stereocenters. The van der Waals surface area contributed by atoms with Gasteiger partial charge < -0.3 is 9.88 Å². The molecule has 1 fully saturated rings. The van der Waals surface area contributed by atoms with Crippen LogP contribution in [-0.2, 0) is 24.1 Å². The number of aromatic amines is 1. The Bertz CT molecular complexity index is 833. The van der Waals surface area contributed by atoms with Crippen LogP contribution in [0.2, 0.25) is 0 Å². The fourth-order valence-corrected chi connectivity index (χ4v) is 5.31. The van der Waals surface area contributed by atoms with E-state index in [1.807, 2.05) is 4.90 Å². The number of hydrogen-bond donors (Lipinski definition) is 1. The van der Waals surface area contributed by atoms with Crippen LogP contribution in [0.5, 0.6) is 0 Å². The molecular weight excluding hydrogens is 334 g/mol. The average molecular weight is 359 g/mol. The number of aryl methyl sites for hydroxylation is 3. The van der Waals surface area contributed by atoms with Gasteiger partial charge >= 0.3 is 0 Å². The summed E-state index contributed by atoms with van der Waals surface area (Å²) in [6, 6.07) is 0. The Morgan fingerprint density at radius 1 is 1.08 bits per heavy atom. The molecule has 1 aliphatic carbocycles. The summed E-state index contributed by atoms with van der Waals surface area (Å²) in [7, 11) is 0. The minimum absolute atomic E-state index is 0.0233. The van der Waals surface area contributed by atoms with Crippen LogP contribution in [0.15, 0.2) is 4.79 Å². The Hall–Kier alpha value is -1.69. The van der Waals surface area contributed by atoms with E-state index < -0.39 is 0 Å². The third-order valence-corrected chi connectivity index (χ3v) is 6.59. The van der Waals surface area contributed by atoms with E-state index in [4.69, 9.17) is 0 Å². The summed E-state index contributed by atoms with van der Waals surface area (Å²) >= 11 is 1.68. The fourth-order valence-electron chi connectivity index (χ4n) is 4.03. The largest absolute Gasteiger partial charge is 0.343 e. The van der Waals surface area contributed by atoms with E-state index in [1.54, 1.807) is 11.3 Å². The molecule has 134 valence electrons. The maximum Gasteiger partial charge on any atom is 0.259 e. The lowest BCUT2D eigenvalue weighted by Crippen LogP contribution is -2.35. The molecule has 2 aromatic heterocycles. The van der Waals surface area contributed by atoms with E-state index in [0.717, 1.165) is 55.4 Å². The molecular formula is C19H25N3O2S. The lowest BCUT2D eigenvalue weighted by Gasteiger charge is -2.26. The number of fused-ring (bicyclic) bond motifs is 3. The van der Waals surface area contributed by atoms with Gasteiger partial charge in [0.15, 0.2) is 0 Å². The summed E-state index contributed by atoms with van der Waals surface area (Å²) in [6.45, 7) is 1.75. The number of likely N-dealkylation sites (tertiary alicyclic amines) is 1. The first-order valence-corrected chi connectivity index (χ1v) is 10.4. The van der Waals surface area contributed by atoms with Crippen LogP contribution in [0.25, 0.3) is 10.2 Å². The second kappa shape index (κ2) is 7.28. The zero-order valence-corrected chi connectivity index (χ0v) is 15.4. The van der Waals surface area contributed by atoms with E-state index in [0.29, 0.717) is 18.7 Å². The number of hydrogen-bond acceptors (Lipinski definition) is 4. The zero-order chi connectivity index (χ0) is 17.2. The molecule has 4 rings (SSSR count). The molecule has 1 saturated heterocycles. The molecule has 3 heterocycles. The number of thiophene rings is 1. The minimum atomic E-state index is -0.0233. The molecule has 25 heavy (non-hydrogen) atoms. The summed E-state index contributed by atoms with van der Waals surface area (Å²) in [4.78, 5) is 36.7. The maximum absolute atomic E-state index is 12.6. The van der Waals surface area contributed by atoms with Crippen molar-refractivity contribution in [3.63, 3.8) is 0 Å². The van der Waals surface area contributed by atoms with Crippen molar-refractivity contribution in [1.82, 2.24) is 14.9 Å². The molecule has 1 amide bonds. The summed E-state index contributed by atoms with van der Waals surface area (Å²) in [5.41, 5.74) is 1.20. The van der Waals surface area contributed by atoms with Gasteiger partial charge in [-0.05, 0) is 50.5 Å². The van der Waals surface area contributed by atoms with E-state index in [-0.39, 0.29) is 11.5 Å². The van der Waals surface area contributed by atoms with Gasteiger partial charge in [-0.2, -0.15) is 0 Å². The van der Waals surface area contributed by atoms with E-state index >= 15 is 0 Å². The highest BCUT2D eigenvalue weighted by atomic mass is 32.1. The normalized spacial score (nSPS) is 18.2. The van der Waals surface area contributed by atoms with Gasteiger partial charge in [0, 0.05) is 30.8 Å². The first-order valence-electron chi connectivity index (χ1n) is 9.53. The van der Waals surface area contributed by atoms with Crippen molar-refractivity contribution in [2.24, 2.45) is 0 Å². The minimum Gasteiger partial charge on any atom is -0.343 e. The molecule has 0 spiro atoms. The number of carbonyl (C=O) groups excluding carboxylic acids is 1. The van der Waals surface area contributed by atoms with Crippen LogP contribution in [-0.4, -0.2) is 33.9 Å². The molecule has 5 nitrogen and oxygen atoms in total. The Balaban J connectivity index is 1.53. The molecule has 0 aromatic carbocycles. The second-order valence-electron chi connectivity index (χ2n) is 7.20. The molecule has 1 N–H and O–H groups in total. The topological polar surface area (TPSA) is 66.1 Å². The van der Waals surface area contributed by atoms with Crippen LogP contribution < -0.4 is 5.56 Å². The number of nitrogens with one attached hydrogen (secondary N) is 1. The average Bonchev–Trinajstić information content (AvgIpc) is 2.82. The summed E-state index contributed by atoms with van der Waals surface area (Å²) in [5.74, 6) is 0.837. The van der Waals surface area contributed by atoms with Gasteiger partial charge in [-0.25, -0.2) is 4.98 Å². The van der Waals surface area contributed by atoms with Crippen molar-refractivity contribution in [3.05, 3.63) is 26.6 Å². The Kier molecular flexibility index (Phi) is 4.88. The Labute approximate surface area is 151 Å².